The average Bonchev–Trinajstić information content (AvgIpc) is 2.92. The number of nitrogens with zero attached hydrogens (tertiary/aromatic N) is 3. The van der Waals surface area contributed by atoms with Gasteiger partial charge in [-0.3, -0.25) is 4.68 Å². The number of aromatic nitrogens is 3. The van der Waals surface area contributed by atoms with Gasteiger partial charge < -0.3 is 10.4 Å². The molecule has 8 heteroatoms. The first-order chi connectivity index (χ1) is 11.2. The maximum Gasteiger partial charge on any atom is 0.416 e. The normalized spacial score (nSPS) is 28.1. The van der Waals surface area contributed by atoms with Crippen LogP contribution in [0.4, 0.5) is 13.2 Å². The smallest absolute Gasteiger partial charge is 0.385 e. The lowest BCUT2D eigenvalue weighted by Crippen LogP contribution is -2.47. The molecule has 1 fully saturated rings. The summed E-state index contributed by atoms with van der Waals surface area (Å²) in [6.07, 6.45) is -1.88. The highest BCUT2D eigenvalue weighted by atomic mass is 19.4. The van der Waals surface area contributed by atoms with Gasteiger partial charge in [-0.1, -0.05) is 17.3 Å². The number of benzene rings is 1. The summed E-state index contributed by atoms with van der Waals surface area (Å²) in [6.45, 7) is 1.93. The Morgan fingerprint density at radius 2 is 1.92 bits per heavy atom. The zero-order valence-electron chi connectivity index (χ0n) is 13.4. The Kier molecular flexibility index (Phi) is 4.13. The minimum Gasteiger partial charge on any atom is -0.385 e. The van der Waals surface area contributed by atoms with Gasteiger partial charge in [0.05, 0.1) is 22.9 Å². The Morgan fingerprint density at radius 3 is 2.46 bits per heavy atom. The number of hydrogen-bond acceptors (Lipinski definition) is 4. The minimum absolute atomic E-state index is 0.0157. The molecule has 1 unspecified atom stereocenters. The van der Waals surface area contributed by atoms with Gasteiger partial charge in [-0.25, -0.2) is 0 Å². The van der Waals surface area contributed by atoms with E-state index in [9.17, 15) is 18.3 Å². The summed E-state index contributed by atoms with van der Waals surface area (Å²) in [5, 5.41) is 22.4. The first-order valence-electron chi connectivity index (χ1n) is 7.70. The first-order valence-corrected chi connectivity index (χ1v) is 7.70. The third-order valence-electron chi connectivity index (χ3n) is 4.40. The summed E-state index contributed by atoms with van der Waals surface area (Å²) in [4.78, 5) is 0. The zero-order chi connectivity index (χ0) is 17.5. The van der Waals surface area contributed by atoms with Crippen molar-refractivity contribution in [3.8, 4) is 0 Å². The molecule has 1 aromatic heterocycles. The number of alkyl halides is 3. The van der Waals surface area contributed by atoms with Crippen molar-refractivity contribution in [1.29, 1.82) is 0 Å². The maximum absolute atomic E-state index is 12.7. The lowest BCUT2D eigenvalue weighted by atomic mass is 9.78. The van der Waals surface area contributed by atoms with E-state index in [1.54, 1.807) is 17.9 Å². The second-order valence-corrected chi connectivity index (χ2v) is 6.45. The Balaban J connectivity index is 1.87. The molecule has 1 aromatic carbocycles. The summed E-state index contributed by atoms with van der Waals surface area (Å²) < 4.78 is 39.7. The van der Waals surface area contributed by atoms with Crippen LogP contribution >= 0.6 is 0 Å². The summed E-state index contributed by atoms with van der Waals surface area (Å²) in [5.41, 5.74) is -0.744. The predicted octanol–water partition coefficient (Wildman–Crippen LogP) is 2.53. The molecule has 2 heterocycles. The molecule has 1 saturated heterocycles. The highest BCUT2D eigenvalue weighted by Crippen LogP contribution is 2.40. The van der Waals surface area contributed by atoms with Gasteiger partial charge in [-0.15, -0.1) is 5.10 Å². The fourth-order valence-corrected chi connectivity index (χ4v) is 3.31. The SMILES string of the molecule is C[C@H]1CC(O)(c2ccc(C(F)(F)F)cc2)C[C@H](c2cn(C)nn2)N1. The van der Waals surface area contributed by atoms with Gasteiger partial charge in [-0.2, -0.15) is 13.2 Å². The fourth-order valence-electron chi connectivity index (χ4n) is 3.31. The van der Waals surface area contributed by atoms with Gasteiger partial charge in [0.15, 0.2) is 0 Å². The topological polar surface area (TPSA) is 63.0 Å². The van der Waals surface area contributed by atoms with E-state index in [2.05, 4.69) is 15.6 Å². The quantitative estimate of drug-likeness (QED) is 0.882. The second-order valence-electron chi connectivity index (χ2n) is 6.45. The van der Waals surface area contributed by atoms with E-state index >= 15 is 0 Å². The van der Waals surface area contributed by atoms with Crippen LogP contribution in [0, 0.1) is 0 Å². The molecule has 2 aromatic rings. The third kappa shape index (κ3) is 3.29. The van der Waals surface area contributed by atoms with Crippen molar-refractivity contribution < 1.29 is 18.3 Å². The number of piperidine rings is 1. The predicted molar refractivity (Wildman–Crippen MR) is 80.9 cm³/mol. The highest BCUT2D eigenvalue weighted by Gasteiger charge is 2.40. The summed E-state index contributed by atoms with van der Waals surface area (Å²) in [5.74, 6) is 0. The van der Waals surface area contributed by atoms with Crippen LogP contribution in [-0.2, 0) is 18.8 Å². The molecule has 1 aliphatic heterocycles. The van der Waals surface area contributed by atoms with Crippen LogP contribution in [0.3, 0.4) is 0 Å². The highest BCUT2D eigenvalue weighted by molar-refractivity contribution is 5.30. The molecule has 0 spiro atoms. The maximum atomic E-state index is 12.7. The van der Waals surface area contributed by atoms with Crippen LogP contribution in [0.2, 0.25) is 0 Å². The summed E-state index contributed by atoms with van der Waals surface area (Å²) in [6, 6.07) is 4.51. The number of rotatable bonds is 2. The number of nitrogens with one attached hydrogen (secondary N) is 1. The van der Waals surface area contributed by atoms with Gasteiger partial charge in [-0.05, 0) is 31.0 Å². The van der Waals surface area contributed by atoms with E-state index in [4.69, 9.17) is 0 Å². The van der Waals surface area contributed by atoms with Crippen LogP contribution in [0.15, 0.2) is 30.5 Å². The molecule has 0 radical (unpaired) electrons. The molecule has 0 amide bonds. The van der Waals surface area contributed by atoms with Crippen molar-refractivity contribution in [3.63, 3.8) is 0 Å². The Hall–Kier alpha value is -1.93. The average molecular weight is 340 g/mol. The molecule has 3 atom stereocenters. The lowest BCUT2D eigenvalue weighted by molar-refractivity contribution is -0.137. The second kappa shape index (κ2) is 5.86. The Morgan fingerprint density at radius 1 is 1.25 bits per heavy atom. The van der Waals surface area contributed by atoms with E-state index in [1.807, 2.05) is 6.92 Å². The van der Waals surface area contributed by atoms with Gasteiger partial charge >= 0.3 is 6.18 Å². The third-order valence-corrected chi connectivity index (χ3v) is 4.40. The van der Waals surface area contributed by atoms with Gasteiger partial charge in [0.25, 0.3) is 0 Å². The van der Waals surface area contributed by atoms with Crippen molar-refractivity contribution in [2.75, 3.05) is 0 Å². The first kappa shape index (κ1) is 16.9. The van der Waals surface area contributed by atoms with Crippen LogP contribution in [0.25, 0.3) is 0 Å². The van der Waals surface area contributed by atoms with Crippen molar-refractivity contribution in [2.45, 2.75) is 43.6 Å². The van der Waals surface area contributed by atoms with Gasteiger partial charge in [0, 0.05) is 25.7 Å². The van der Waals surface area contributed by atoms with Crippen molar-refractivity contribution in [2.24, 2.45) is 7.05 Å². The van der Waals surface area contributed by atoms with Crippen LogP contribution in [0.5, 0.6) is 0 Å². The van der Waals surface area contributed by atoms with Crippen LogP contribution in [0.1, 0.15) is 42.6 Å². The summed E-state index contributed by atoms with van der Waals surface area (Å²) >= 11 is 0. The molecule has 24 heavy (non-hydrogen) atoms. The molecular weight excluding hydrogens is 321 g/mol. The number of hydrogen-bond donors (Lipinski definition) is 2. The summed E-state index contributed by atoms with van der Waals surface area (Å²) in [7, 11) is 1.75. The fraction of sp³-hybridized carbons (Fsp3) is 0.500. The van der Waals surface area contributed by atoms with E-state index in [-0.39, 0.29) is 12.1 Å². The largest absolute Gasteiger partial charge is 0.416 e. The van der Waals surface area contributed by atoms with E-state index in [1.165, 1.54) is 12.1 Å². The van der Waals surface area contributed by atoms with Crippen molar-refractivity contribution >= 4 is 0 Å². The van der Waals surface area contributed by atoms with E-state index in [0.29, 0.717) is 24.1 Å². The molecule has 130 valence electrons. The molecule has 2 N–H and O–H groups in total. The zero-order valence-corrected chi connectivity index (χ0v) is 13.4. The molecule has 3 rings (SSSR count). The van der Waals surface area contributed by atoms with E-state index < -0.39 is 17.3 Å². The minimum atomic E-state index is -4.38. The Bertz CT molecular complexity index is 713. The van der Waals surface area contributed by atoms with Gasteiger partial charge in [0.2, 0.25) is 0 Å². The Labute approximate surface area is 137 Å². The number of halogens is 3. The van der Waals surface area contributed by atoms with Crippen molar-refractivity contribution in [1.82, 2.24) is 20.3 Å². The van der Waals surface area contributed by atoms with E-state index in [0.717, 1.165) is 12.1 Å². The van der Waals surface area contributed by atoms with Crippen LogP contribution in [-0.4, -0.2) is 26.1 Å². The lowest BCUT2D eigenvalue weighted by Gasteiger charge is -2.40. The molecule has 1 aliphatic rings. The molecular formula is C16H19F3N4O. The van der Waals surface area contributed by atoms with Crippen LogP contribution < -0.4 is 5.32 Å². The molecule has 0 aliphatic carbocycles. The molecule has 0 bridgehead atoms. The molecule has 5 nitrogen and oxygen atoms in total. The number of aliphatic hydroxyl groups is 1. The van der Waals surface area contributed by atoms with Gasteiger partial charge in [0.1, 0.15) is 0 Å². The number of aryl methyl sites for hydroxylation is 1. The molecule has 0 saturated carbocycles. The standard InChI is InChI=1S/C16H19F3N4O/c1-10-7-15(24,8-13(20-10)14-9-23(2)22-21-14)11-3-5-12(6-4-11)16(17,18)19/h3-6,9-10,13,20,24H,7-8H2,1-2H3/t10-,13+,15?/m0/s1. The monoisotopic (exact) mass is 340 g/mol. The van der Waals surface area contributed by atoms with Crippen molar-refractivity contribution in [3.05, 3.63) is 47.3 Å².